The van der Waals surface area contributed by atoms with Crippen molar-refractivity contribution in [2.45, 2.75) is 26.3 Å². The molecule has 1 unspecified atom stereocenters. The normalized spacial score (nSPS) is 12.1. The molecule has 21 heavy (non-hydrogen) atoms. The molecule has 1 N–H and O–H groups in total. The van der Waals surface area contributed by atoms with Gasteiger partial charge in [0.25, 0.3) is 0 Å². The second kappa shape index (κ2) is 8.01. The molecule has 2 rings (SSSR count). The average Bonchev–Trinajstić information content (AvgIpc) is 2.51. The van der Waals surface area contributed by atoms with Crippen molar-refractivity contribution in [1.82, 2.24) is 10.3 Å². The Bertz CT molecular complexity index is 557. The Morgan fingerprint density at radius 3 is 2.67 bits per heavy atom. The van der Waals surface area contributed by atoms with Gasteiger partial charge in [-0.05, 0) is 38.1 Å². The van der Waals surface area contributed by atoms with E-state index in [2.05, 4.69) is 23.3 Å². The first kappa shape index (κ1) is 15.8. The molecule has 112 valence electrons. The molecule has 0 amide bonds. The number of hydrogen-bond donors (Lipinski definition) is 1. The molecule has 4 heteroatoms. The van der Waals surface area contributed by atoms with Crippen molar-refractivity contribution in [3.8, 4) is 5.75 Å². The molecule has 1 aromatic carbocycles. The van der Waals surface area contributed by atoms with Gasteiger partial charge in [-0.2, -0.15) is 0 Å². The molecule has 0 aliphatic rings. The molecule has 0 saturated carbocycles. The number of benzene rings is 1. The number of nitrogens with one attached hydrogen (secondary N) is 1. The first-order valence-electron chi connectivity index (χ1n) is 7.32. The topological polar surface area (TPSA) is 34.2 Å². The van der Waals surface area contributed by atoms with Crippen molar-refractivity contribution < 1.29 is 4.74 Å². The Labute approximate surface area is 131 Å². The van der Waals surface area contributed by atoms with Crippen molar-refractivity contribution in [1.29, 1.82) is 0 Å². The van der Waals surface area contributed by atoms with E-state index in [1.54, 1.807) is 6.20 Å². The molecule has 0 spiro atoms. The van der Waals surface area contributed by atoms with Crippen LogP contribution >= 0.6 is 11.6 Å². The Morgan fingerprint density at radius 1 is 1.19 bits per heavy atom. The molecule has 0 fully saturated rings. The van der Waals surface area contributed by atoms with Gasteiger partial charge in [0.1, 0.15) is 5.75 Å². The minimum atomic E-state index is 0.00460. The lowest BCUT2D eigenvalue weighted by Crippen LogP contribution is -2.24. The van der Waals surface area contributed by atoms with E-state index in [4.69, 9.17) is 16.3 Å². The summed E-state index contributed by atoms with van der Waals surface area (Å²) in [4.78, 5) is 4.46. The highest BCUT2D eigenvalue weighted by Gasteiger charge is 2.18. The van der Waals surface area contributed by atoms with Crippen LogP contribution in [0.1, 0.15) is 37.6 Å². The Morgan fingerprint density at radius 2 is 2.00 bits per heavy atom. The summed E-state index contributed by atoms with van der Waals surface area (Å²) in [5, 5.41) is 4.18. The van der Waals surface area contributed by atoms with E-state index in [0.717, 1.165) is 30.0 Å². The van der Waals surface area contributed by atoms with Crippen LogP contribution in [0.3, 0.4) is 0 Å². The van der Waals surface area contributed by atoms with E-state index < -0.39 is 0 Å². The molecule has 0 aliphatic heterocycles. The lowest BCUT2D eigenvalue weighted by molar-refractivity contribution is 0.333. The fraction of sp³-hybridized carbons (Fsp3) is 0.353. The molecule has 0 radical (unpaired) electrons. The fourth-order valence-electron chi connectivity index (χ4n) is 2.23. The van der Waals surface area contributed by atoms with E-state index in [0.29, 0.717) is 11.6 Å². The number of rotatable bonds is 7. The molecule has 1 atom stereocenters. The van der Waals surface area contributed by atoms with Crippen LogP contribution in [0.5, 0.6) is 5.75 Å². The smallest absolute Gasteiger partial charge is 0.124 e. The lowest BCUT2D eigenvalue weighted by atomic mass is 10.0. The first-order chi connectivity index (χ1) is 10.3. The zero-order valence-corrected chi connectivity index (χ0v) is 13.2. The van der Waals surface area contributed by atoms with Gasteiger partial charge in [-0.3, -0.25) is 4.98 Å². The summed E-state index contributed by atoms with van der Waals surface area (Å²) in [6.45, 7) is 5.70. The van der Waals surface area contributed by atoms with Crippen molar-refractivity contribution in [3.63, 3.8) is 0 Å². The van der Waals surface area contributed by atoms with Gasteiger partial charge in [0.2, 0.25) is 0 Å². The van der Waals surface area contributed by atoms with E-state index >= 15 is 0 Å². The van der Waals surface area contributed by atoms with Crippen LogP contribution in [0.2, 0.25) is 5.02 Å². The fourth-order valence-corrected chi connectivity index (χ4v) is 2.34. The maximum Gasteiger partial charge on any atom is 0.124 e. The van der Waals surface area contributed by atoms with Gasteiger partial charge in [-0.15, -0.1) is 0 Å². The van der Waals surface area contributed by atoms with E-state index in [1.807, 2.05) is 37.3 Å². The predicted octanol–water partition coefficient (Wildman–Crippen LogP) is 4.22. The van der Waals surface area contributed by atoms with Crippen molar-refractivity contribution in [2.24, 2.45) is 0 Å². The summed E-state index contributed by atoms with van der Waals surface area (Å²) in [5.41, 5.74) is 2.04. The summed E-state index contributed by atoms with van der Waals surface area (Å²) >= 11 is 5.94. The van der Waals surface area contributed by atoms with Gasteiger partial charge in [-0.1, -0.05) is 36.7 Å². The van der Waals surface area contributed by atoms with Crippen LogP contribution in [0.25, 0.3) is 0 Å². The third-order valence-electron chi connectivity index (χ3n) is 3.17. The van der Waals surface area contributed by atoms with Crippen molar-refractivity contribution in [3.05, 3.63) is 58.9 Å². The number of para-hydroxylation sites is 1. The predicted molar refractivity (Wildman–Crippen MR) is 87.0 cm³/mol. The maximum absolute atomic E-state index is 5.94. The molecule has 1 aromatic heterocycles. The molecule has 3 nitrogen and oxygen atoms in total. The second-order valence-corrected chi connectivity index (χ2v) is 5.20. The van der Waals surface area contributed by atoms with Gasteiger partial charge < -0.3 is 10.1 Å². The third-order valence-corrected chi connectivity index (χ3v) is 3.40. The number of aromatic nitrogens is 1. The van der Waals surface area contributed by atoms with Crippen molar-refractivity contribution in [2.75, 3.05) is 13.2 Å². The van der Waals surface area contributed by atoms with Gasteiger partial charge in [0, 0.05) is 11.8 Å². The van der Waals surface area contributed by atoms with Crippen molar-refractivity contribution >= 4 is 11.6 Å². The minimum Gasteiger partial charge on any atom is -0.494 e. The Kier molecular flexibility index (Phi) is 6.03. The molecule has 1 heterocycles. The molecule has 0 aliphatic carbocycles. The summed E-state index contributed by atoms with van der Waals surface area (Å²) < 4.78 is 5.75. The maximum atomic E-state index is 5.94. The molecular weight excluding hydrogens is 284 g/mol. The van der Waals surface area contributed by atoms with E-state index in [-0.39, 0.29) is 6.04 Å². The standard InChI is InChI=1S/C17H21ClN2O/c1-3-11-19-17(15-10-9-13(18)12-20-15)14-7-5-6-8-16(14)21-4-2/h5-10,12,17,19H,3-4,11H2,1-2H3. The van der Waals surface area contributed by atoms with Gasteiger partial charge >= 0.3 is 0 Å². The van der Waals surface area contributed by atoms with Crippen LogP contribution < -0.4 is 10.1 Å². The molecule has 0 bridgehead atoms. The average molecular weight is 305 g/mol. The summed E-state index contributed by atoms with van der Waals surface area (Å²) in [5.74, 6) is 0.894. The quantitative estimate of drug-likeness (QED) is 0.831. The number of ether oxygens (including phenoxy) is 1. The lowest BCUT2D eigenvalue weighted by Gasteiger charge is -2.21. The third kappa shape index (κ3) is 4.19. The molecular formula is C17H21ClN2O. The highest BCUT2D eigenvalue weighted by atomic mass is 35.5. The van der Waals surface area contributed by atoms with Gasteiger partial charge in [0.15, 0.2) is 0 Å². The highest BCUT2D eigenvalue weighted by Crippen LogP contribution is 2.29. The van der Waals surface area contributed by atoms with Crippen LogP contribution in [0, 0.1) is 0 Å². The molecule has 2 aromatic rings. The van der Waals surface area contributed by atoms with Crippen LogP contribution in [-0.2, 0) is 0 Å². The zero-order chi connectivity index (χ0) is 15.1. The van der Waals surface area contributed by atoms with E-state index in [1.165, 1.54) is 0 Å². The summed E-state index contributed by atoms with van der Waals surface area (Å²) in [6.07, 6.45) is 2.74. The largest absolute Gasteiger partial charge is 0.494 e. The SMILES string of the molecule is CCCNC(c1ccc(Cl)cn1)c1ccccc1OCC. The number of hydrogen-bond acceptors (Lipinski definition) is 3. The second-order valence-electron chi connectivity index (χ2n) is 4.76. The van der Waals surface area contributed by atoms with Crippen LogP contribution in [-0.4, -0.2) is 18.1 Å². The van der Waals surface area contributed by atoms with Gasteiger partial charge in [-0.25, -0.2) is 0 Å². The highest BCUT2D eigenvalue weighted by molar-refractivity contribution is 6.30. The number of halogens is 1. The monoisotopic (exact) mass is 304 g/mol. The minimum absolute atomic E-state index is 0.00460. The zero-order valence-electron chi connectivity index (χ0n) is 12.5. The molecule has 0 saturated heterocycles. The Balaban J connectivity index is 2.37. The van der Waals surface area contributed by atoms with Crippen LogP contribution in [0.15, 0.2) is 42.6 Å². The van der Waals surface area contributed by atoms with Gasteiger partial charge in [0.05, 0.1) is 23.4 Å². The summed E-state index contributed by atoms with van der Waals surface area (Å²) in [6, 6.07) is 11.9. The van der Waals surface area contributed by atoms with E-state index in [9.17, 15) is 0 Å². The number of nitrogens with zero attached hydrogens (tertiary/aromatic N) is 1. The number of pyridine rings is 1. The first-order valence-corrected chi connectivity index (χ1v) is 7.70. The Hall–Kier alpha value is -1.58. The summed E-state index contributed by atoms with van der Waals surface area (Å²) in [7, 11) is 0. The van der Waals surface area contributed by atoms with Crippen LogP contribution in [0.4, 0.5) is 0 Å².